The van der Waals surface area contributed by atoms with Gasteiger partial charge in [-0.25, -0.2) is 0 Å². The number of carbonyl (C=O) groups excluding carboxylic acids is 3. The first-order valence-electron chi connectivity index (χ1n) is 11.5. The standard InChI is InChI=1S/2C15H12O2.C2H4O2.Sm/c2*16-14(12-7-3-1-4-8-12)11-15(17)13-9-5-2-6-10-13;1-2(3)4;/h2*1-11,16H;1H3,(H,3,4);/q;;;+3/p-3. The molecule has 0 saturated heterocycles. The average molecular weight is 656 g/mol. The first kappa shape index (κ1) is 33.1. The van der Waals surface area contributed by atoms with E-state index in [0.29, 0.717) is 22.3 Å². The zero-order valence-corrected chi connectivity index (χ0v) is 23.7. The van der Waals surface area contributed by atoms with E-state index < -0.39 is 5.97 Å². The third-order valence-corrected chi connectivity index (χ3v) is 4.76. The molecule has 0 aromatic heterocycles. The molecule has 195 valence electrons. The Morgan fingerprint density at radius 1 is 0.462 bits per heavy atom. The predicted molar refractivity (Wildman–Crippen MR) is 141 cm³/mol. The summed E-state index contributed by atoms with van der Waals surface area (Å²) in [5.41, 5.74) is 2.10. The van der Waals surface area contributed by atoms with E-state index in [0.717, 1.165) is 19.1 Å². The van der Waals surface area contributed by atoms with Crippen molar-refractivity contribution in [1.82, 2.24) is 0 Å². The summed E-state index contributed by atoms with van der Waals surface area (Å²) < 4.78 is 0. The van der Waals surface area contributed by atoms with Crippen LogP contribution in [0.3, 0.4) is 0 Å². The molecule has 0 atom stereocenters. The van der Waals surface area contributed by atoms with Crippen molar-refractivity contribution in [2.75, 3.05) is 0 Å². The molecule has 4 rings (SSSR count). The first-order chi connectivity index (χ1) is 18.3. The second-order valence-corrected chi connectivity index (χ2v) is 7.70. The fourth-order valence-corrected chi connectivity index (χ4v) is 2.98. The van der Waals surface area contributed by atoms with Gasteiger partial charge < -0.3 is 20.1 Å². The number of carboxylic acid groups (broad SMARTS) is 1. The zero-order chi connectivity index (χ0) is 27.8. The summed E-state index contributed by atoms with van der Waals surface area (Å²) in [4.78, 5) is 32.4. The van der Waals surface area contributed by atoms with Gasteiger partial charge in [0.1, 0.15) is 0 Å². The van der Waals surface area contributed by atoms with Crippen LogP contribution in [-0.4, -0.2) is 17.5 Å². The van der Waals surface area contributed by atoms with E-state index in [4.69, 9.17) is 9.90 Å². The molecular formula is C32H25O6Sm. The SMILES string of the molecule is CC(=O)[O-].O=C(C=C([O-])c1ccccc1)c1ccccc1.O=C(C=C([O-])c1ccccc1)c1ccccc1.[Sm+3]. The van der Waals surface area contributed by atoms with Gasteiger partial charge in [-0.15, -0.1) is 0 Å². The minimum Gasteiger partial charge on any atom is -0.872 e. The largest absolute Gasteiger partial charge is 3.00 e. The van der Waals surface area contributed by atoms with Gasteiger partial charge in [0, 0.05) is 17.1 Å². The van der Waals surface area contributed by atoms with E-state index in [1.165, 1.54) is 0 Å². The van der Waals surface area contributed by atoms with Crippen LogP contribution in [0.4, 0.5) is 0 Å². The Hall–Kier alpha value is -3.89. The average Bonchev–Trinajstić information content (AvgIpc) is 2.95. The molecule has 0 spiro atoms. The topological polar surface area (TPSA) is 120 Å². The Labute approximate surface area is 260 Å². The summed E-state index contributed by atoms with van der Waals surface area (Å²) in [6, 6.07) is 35.0. The van der Waals surface area contributed by atoms with Crippen molar-refractivity contribution in [2.45, 2.75) is 6.92 Å². The molecule has 0 unspecified atom stereocenters. The van der Waals surface area contributed by atoms with Crippen molar-refractivity contribution in [2.24, 2.45) is 0 Å². The maximum Gasteiger partial charge on any atom is 3.00 e. The number of rotatable bonds is 6. The second-order valence-electron chi connectivity index (χ2n) is 7.70. The van der Waals surface area contributed by atoms with E-state index in [9.17, 15) is 19.8 Å². The van der Waals surface area contributed by atoms with Crippen LogP contribution >= 0.6 is 0 Å². The maximum atomic E-state index is 11.8. The van der Waals surface area contributed by atoms with Crippen LogP contribution < -0.4 is 15.3 Å². The molecule has 0 fully saturated rings. The van der Waals surface area contributed by atoms with Crippen LogP contribution in [0.15, 0.2) is 133 Å². The van der Waals surface area contributed by atoms with Crippen molar-refractivity contribution in [1.29, 1.82) is 0 Å². The molecule has 0 bridgehead atoms. The van der Waals surface area contributed by atoms with Gasteiger partial charge in [-0.05, 0) is 30.2 Å². The van der Waals surface area contributed by atoms with Gasteiger partial charge in [-0.1, -0.05) is 133 Å². The minimum absolute atomic E-state index is 0. The van der Waals surface area contributed by atoms with Crippen molar-refractivity contribution in [3.63, 3.8) is 0 Å². The predicted octanol–water partition coefficient (Wildman–Crippen LogP) is 3.30. The molecular weight excluding hydrogens is 631 g/mol. The number of benzene rings is 4. The normalized spacial score (nSPS) is 10.4. The summed E-state index contributed by atoms with van der Waals surface area (Å²) in [7, 11) is 0. The Kier molecular flexibility index (Phi) is 15.6. The quantitative estimate of drug-likeness (QED) is 0.179. The van der Waals surface area contributed by atoms with Crippen LogP contribution in [0.1, 0.15) is 38.8 Å². The summed E-state index contributed by atoms with van der Waals surface area (Å²) in [6.07, 6.45) is 2.26. The number of ketones is 2. The van der Waals surface area contributed by atoms with E-state index in [2.05, 4.69) is 0 Å². The number of aliphatic carboxylic acids is 1. The summed E-state index contributed by atoms with van der Waals surface area (Å²) >= 11 is 0. The van der Waals surface area contributed by atoms with Crippen molar-refractivity contribution in [3.8, 4) is 0 Å². The monoisotopic (exact) mass is 657 g/mol. The van der Waals surface area contributed by atoms with Crippen LogP contribution in [0.2, 0.25) is 0 Å². The fraction of sp³-hybridized carbons (Fsp3) is 0.0312. The number of carboxylic acids is 1. The van der Waals surface area contributed by atoms with E-state index in [1.807, 2.05) is 24.3 Å². The number of hydrogen-bond donors (Lipinski definition) is 0. The van der Waals surface area contributed by atoms with Gasteiger partial charge in [0.15, 0.2) is 11.6 Å². The van der Waals surface area contributed by atoms with Crippen LogP contribution in [0.5, 0.6) is 0 Å². The number of allylic oxidation sites excluding steroid dienone is 2. The maximum absolute atomic E-state index is 11.8. The van der Waals surface area contributed by atoms with Gasteiger partial charge >= 0.3 is 40.4 Å². The van der Waals surface area contributed by atoms with Crippen molar-refractivity contribution in [3.05, 3.63) is 156 Å². The molecule has 0 heterocycles. The number of carbonyl (C=O) groups is 3. The second kappa shape index (κ2) is 18.4. The Morgan fingerprint density at radius 3 is 0.897 bits per heavy atom. The van der Waals surface area contributed by atoms with Crippen LogP contribution in [0, 0.1) is 40.4 Å². The molecule has 7 heteroatoms. The molecule has 0 amide bonds. The van der Waals surface area contributed by atoms with Crippen molar-refractivity contribution < 1.29 is 70.1 Å². The molecule has 0 aliphatic rings. The molecule has 6 nitrogen and oxygen atoms in total. The molecule has 39 heavy (non-hydrogen) atoms. The van der Waals surface area contributed by atoms with Crippen LogP contribution in [0.25, 0.3) is 11.5 Å². The molecule has 0 N–H and O–H groups in total. The molecule has 0 aliphatic heterocycles. The Balaban J connectivity index is 0.000000336. The van der Waals surface area contributed by atoms with E-state index in [-0.39, 0.29) is 63.5 Å². The molecule has 0 saturated carbocycles. The molecule has 0 aliphatic carbocycles. The van der Waals surface area contributed by atoms with Gasteiger partial charge in [0.2, 0.25) is 0 Å². The first-order valence-corrected chi connectivity index (χ1v) is 11.5. The van der Waals surface area contributed by atoms with Gasteiger partial charge in [0.05, 0.1) is 0 Å². The van der Waals surface area contributed by atoms with Crippen molar-refractivity contribution >= 4 is 29.1 Å². The summed E-state index contributed by atoms with van der Waals surface area (Å²) in [5.74, 6) is -2.14. The van der Waals surface area contributed by atoms with Gasteiger partial charge in [0.25, 0.3) is 0 Å². The molecule has 4 aromatic carbocycles. The molecule has 1 radical (unpaired) electrons. The minimum atomic E-state index is -1.08. The fourth-order valence-electron chi connectivity index (χ4n) is 2.98. The number of hydrogen-bond acceptors (Lipinski definition) is 6. The smallest absolute Gasteiger partial charge is 0.872 e. The van der Waals surface area contributed by atoms with Gasteiger partial charge in [-0.3, -0.25) is 9.59 Å². The summed E-state index contributed by atoms with van der Waals surface area (Å²) in [5, 5.41) is 32.4. The van der Waals surface area contributed by atoms with E-state index in [1.54, 1.807) is 97.1 Å². The van der Waals surface area contributed by atoms with Crippen LogP contribution in [-0.2, 0) is 4.79 Å². The zero-order valence-electron chi connectivity index (χ0n) is 21.1. The third-order valence-electron chi connectivity index (χ3n) is 4.76. The van der Waals surface area contributed by atoms with E-state index >= 15 is 0 Å². The Morgan fingerprint density at radius 2 is 0.667 bits per heavy atom. The van der Waals surface area contributed by atoms with Gasteiger partial charge in [-0.2, -0.15) is 0 Å². The third kappa shape index (κ3) is 12.9. The molecule has 4 aromatic rings. The summed E-state index contributed by atoms with van der Waals surface area (Å²) in [6.45, 7) is 0.972. The Bertz CT molecular complexity index is 1260.